The largest absolute Gasteiger partial charge is 0.375 e. The second-order valence-corrected chi connectivity index (χ2v) is 15.3. The van der Waals surface area contributed by atoms with Crippen LogP contribution in [0.2, 0.25) is 0 Å². The molecule has 4 nitrogen and oxygen atoms in total. The maximum absolute atomic E-state index is 13.6. The molecule has 10 atom stereocenters. The van der Waals surface area contributed by atoms with Crippen molar-refractivity contribution in [3.05, 3.63) is 29.8 Å². The first kappa shape index (κ1) is 27.5. The third kappa shape index (κ3) is 4.01. The van der Waals surface area contributed by atoms with Crippen LogP contribution in [0.15, 0.2) is 24.3 Å². The molecule has 214 valence electrons. The quantitative estimate of drug-likeness (QED) is 0.393. The number of anilines is 1. The maximum atomic E-state index is 13.6. The molecule has 1 aromatic carbocycles. The molecule has 2 unspecified atom stereocenters. The number of hydrogen-bond acceptors (Lipinski definition) is 3. The van der Waals surface area contributed by atoms with Crippen LogP contribution in [0.4, 0.5) is 5.69 Å². The summed E-state index contributed by atoms with van der Waals surface area (Å²) < 4.78 is 0. The van der Waals surface area contributed by atoms with Gasteiger partial charge < -0.3 is 10.4 Å². The van der Waals surface area contributed by atoms with Gasteiger partial charge >= 0.3 is 0 Å². The number of carbonyl (C=O) groups excluding carboxylic acids is 2. The molecule has 0 bridgehead atoms. The van der Waals surface area contributed by atoms with Gasteiger partial charge in [0, 0.05) is 17.7 Å². The number of hydrogen-bond donors (Lipinski definition) is 2. The van der Waals surface area contributed by atoms with Crippen LogP contribution in [0.3, 0.4) is 0 Å². The highest BCUT2D eigenvalue weighted by Crippen LogP contribution is 2.70. The molecule has 1 aromatic rings. The summed E-state index contributed by atoms with van der Waals surface area (Å²) >= 11 is 0. The first-order chi connectivity index (χ1) is 18.5. The lowest BCUT2D eigenvalue weighted by molar-refractivity contribution is -0.181. The van der Waals surface area contributed by atoms with E-state index >= 15 is 0 Å². The van der Waals surface area contributed by atoms with Gasteiger partial charge in [-0.2, -0.15) is 0 Å². The molecule has 4 fully saturated rings. The fraction of sp³-hybridized carbons (Fsp3) is 0.771. The second-order valence-electron chi connectivity index (χ2n) is 15.3. The van der Waals surface area contributed by atoms with Crippen LogP contribution in [0.5, 0.6) is 0 Å². The average Bonchev–Trinajstić information content (AvgIpc) is 3.38. The summed E-state index contributed by atoms with van der Waals surface area (Å²) in [6.07, 6.45) is 12.8. The molecule has 1 aliphatic heterocycles. The standard InChI is InChI=1S/C35H51NO3/c1-21(2)9-8-10-22(3)24-15-16-25-23-13-14-28-31(35(39)27-11-6-7-12-29(27)36-32(35)38)30(37)18-20-34(28,5)26(23)17-19-33(24,25)4/h6-7,11-12,21-26,28,31,39H,8-10,13-20H2,1-5H3,(H,36,38)/t22-,23+,24-,25+,26+,28+,31?,33-,34-,35?/m1/s1. The summed E-state index contributed by atoms with van der Waals surface area (Å²) in [5.41, 5.74) is -0.0571. The number of benzene rings is 1. The summed E-state index contributed by atoms with van der Waals surface area (Å²) in [5, 5.41) is 15.0. The van der Waals surface area contributed by atoms with E-state index in [1.807, 2.05) is 24.3 Å². The lowest BCUT2D eigenvalue weighted by Gasteiger charge is -2.62. The fourth-order valence-electron chi connectivity index (χ4n) is 11.3. The molecule has 39 heavy (non-hydrogen) atoms. The molecule has 1 heterocycles. The SMILES string of the molecule is CC(C)CCC[C@@H](C)[C@H]1CC[C@H]2[C@@H]3CC[C@H]4C(C5(O)C(=O)Nc6ccccc65)C(=O)CC[C@]4(C)[C@H]3CC[C@]12C. The van der Waals surface area contributed by atoms with E-state index < -0.39 is 17.4 Å². The zero-order valence-electron chi connectivity index (χ0n) is 25.0. The Morgan fingerprint density at radius 2 is 1.62 bits per heavy atom. The number of carbonyl (C=O) groups is 2. The highest BCUT2D eigenvalue weighted by atomic mass is 16.3. The van der Waals surface area contributed by atoms with Crippen molar-refractivity contribution < 1.29 is 14.7 Å². The van der Waals surface area contributed by atoms with Crippen LogP contribution in [-0.2, 0) is 15.2 Å². The predicted octanol–water partition coefficient (Wildman–Crippen LogP) is 7.74. The van der Waals surface area contributed by atoms with Gasteiger partial charge in [-0.1, -0.05) is 72.1 Å². The van der Waals surface area contributed by atoms with E-state index in [2.05, 4.69) is 39.9 Å². The van der Waals surface area contributed by atoms with Crippen LogP contribution in [0, 0.1) is 58.2 Å². The van der Waals surface area contributed by atoms with Crippen molar-refractivity contribution in [3.8, 4) is 0 Å². The Morgan fingerprint density at radius 3 is 2.38 bits per heavy atom. The van der Waals surface area contributed by atoms with Gasteiger partial charge in [0.25, 0.3) is 5.91 Å². The monoisotopic (exact) mass is 533 g/mol. The Hall–Kier alpha value is -1.68. The van der Waals surface area contributed by atoms with Gasteiger partial charge in [-0.15, -0.1) is 0 Å². The van der Waals surface area contributed by atoms with E-state index in [0.29, 0.717) is 34.9 Å². The van der Waals surface area contributed by atoms with Gasteiger partial charge in [0.2, 0.25) is 0 Å². The normalized spacial score (nSPS) is 43.9. The van der Waals surface area contributed by atoms with E-state index in [0.717, 1.165) is 42.9 Å². The third-order valence-corrected chi connectivity index (χ3v) is 13.2. The highest BCUT2D eigenvalue weighted by Gasteiger charge is 2.66. The van der Waals surface area contributed by atoms with E-state index in [9.17, 15) is 14.7 Å². The van der Waals surface area contributed by atoms with Gasteiger partial charge in [0.1, 0.15) is 5.78 Å². The molecular formula is C35H51NO3. The van der Waals surface area contributed by atoms with E-state index in [1.165, 1.54) is 44.9 Å². The first-order valence-corrected chi connectivity index (χ1v) is 16.2. The molecule has 6 rings (SSSR count). The van der Waals surface area contributed by atoms with Crippen LogP contribution < -0.4 is 5.32 Å². The van der Waals surface area contributed by atoms with E-state index in [4.69, 9.17) is 0 Å². The summed E-state index contributed by atoms with van der Waals surface area (Å²) in [6.45, 7) is 12.3. The smallest absolute Gasteiger partial charge is 0.261 e. The van der Waals surface area contributed by atoms with E-state index in [1.54, 1.807) is 0 Å². The minimum Gasteiger partial charge on any atom is -0.375 e. The number of Topliss-reactive ketones (excluding diaryl/α,β-unsaturated/α-hetero) is 1. The van der Waals surface area contributed by atoms with Crippen molar-refractivity contribution in [2.24, 2.45) is 58.2 Å². The van der Waals surface area contributed by atoms with Gasteiger partial charge in [0.05, 0.1) is 5.92 Å². The summed E-state index contributed by atoms with van der Waals surface area (Å²) in [7, 11) is 0. The minimum absolute atomic E-state index is 0.00264. The Bertz CT molecular complexity index is 1130. The van der Waals surface area contributed by atoms with Gasteiger partial charge in [0.15, 0.2) is 5.60 Å². The van der Waals surface area contributed by atoms with Crippen molar-refractivity contribution in [1.29, 1.82) is 0 Å². The third-order valence-electron chi connectivity index (χ3n) is 13.2. The number of rotatable bonds is 6. The van der Waals surface area contributed by atoms with Crippen molar-refractivity contribution >= 4 is 17.4 Å². The molecule has 4 saturated carbocycles. The minimum atomic E-state index is -1.75. The zero-order chi connectivity index (χ0) is 27.7. The van der Waals surface area contributed by atoms with Crippen molar-refractivity contribution in [2.75, 3.05) is 5.32 Å². The molecule has 0 radical (unpaired) electrons. The predicted molar refractivity (Wildman–Crippen MR) is 156 cm³/mol. The molecule has 0 aromatic heterocycles. The van der Waals surface area contributed by atoms with Crippen LogP contribution >= 0.6 is 0 Å². The fourth-order valence-corrected chi connectivity index (χ4v) is 11.3. The maximum Gasteiger partial charge on any atom is 0.261 e. The molecule has 0 saturated heterocycles. The van der Waals surface area contributed by atoms with E-state index in [-0.39, 0.29) is 17.1 Å². The molecule has 2 N–H and O–H groups in total. The molecule has 4 aliphatic carbocycles. The second kappa shape index (κ2) is 9.71. The molecule has 4 heteroatoms. The molecule has 1 amide bonds. The van der Waals surface area contributed by atoms with Crippen LogP contribution in [0.25, 0.3) is 0 Å². The van der Waals surface area contributed by atoms with Crippen LogP contribution in [-0.4, -0.2) is 16.8 Å². The Morgan fingerprint density at radius 1 is 0.897 bits per heavy atom. The number of para-hydroxylation sites is 1. The summed E-state index contributed by atoms with van der Waals surface area (Å²) in [6, 6.07) is 7.43. The number of fused-ring (bicyclic) bond motifs is 6. The lowest BCUT2D eigenvalue weighted by atomic mass is 9.42. The van der Waals surface area contributed by atoms with Crippen molar-refractivity contribution in [2.45, 2.75) is 111 Å². The number of nitrogens with one attached hydrogen (secondary N) is 1. The van der Waals surface area contributed by atoms with Crippen molar-refractivity contribution in [3.63, 3.8) is 0 Å². The Balaban J connectivity index is 1.26. The topological polar surface area (TPSA) is 66.4 Å². The molecule has 5 aliphatic rings. The lowest BCUT2D eigenvalue weighted by Crippen LogP contribution is -2.60. The highest BCUT2D eigenvalue weighted by molar-refractivity contribution is 6.08. The van der Waals surface area contributed by atoms with Crippen molar-refractivity contribution in [1.82, 2.24) is 0 Å². The van der Waals surface area contributed by atoms with Gasteiger partial charge in [-0.05, 0) is 103 Å². The van der Waals surface area contributed by atoms with Gasteiger partial charge in [-0.25, -0.2) is 0 Å². The van der Waals surface area contributed by atoms with Gasteiger partial charge in [-0.3, -0.25) is 9.59 Å². The summed E-state index contributed by atoms with van der Waals surface area (Å²) in [5.74, 6) is 3.59. The zero-order valence-corrected chi connectivity index (χ0v) is 25.0. The molecule has 0 spiro atoms. The number of ketones is 1. The molecular weight excluding hydrogens is 482 g/mol. The summed E-state index contributed by atoms with van der Waals surface area (Å²) in [4.78, 5) is 27.0. The Kier molecular flexibility index (Phi) is 6.84. The number of amides is 1. The first-order valence-electron chi connectivity index (χ1n) is 16.2. The van der Waals surface area contributed by atoms with Crippen LogP contribution in [0.1, 0.15) is 111 Å². The average molecular weight is 534 g/mol. The number of aliphatic hydroxyl groups is 1. The Labute approximate surface area is 236 Å².